The molecular weight excluding hydrogens is 260 g/mol. The SMILES string of the molecule is Cc1cc(O)ccc1-c1ccc(-c2ccc(O)cc2)cc1. The van der Waals surface area contributed by atoms with Crippen molar-refractivity contribution >= 4 is 0 Å². The topological polar surface area (TPSA) is 40.5 Å². The molecule has 0 aliphatic rings. The Bertz CT molecular complexity index is 757. The van der Waals surface area contributed by atoms with Gasteiger partial charge in [0.15, 0.2) is 0 Å². The van der Waals surface area contributed by atoms with E-state index in [1.807, 2.05) is 25.1 Å². The van der Waals surface area contributed by atoms with Gasteiger partial charge in [0, 0.05) is 0 Å². The minimum Gasteiger partial charge on any atom is -0.508 e. The molecule has 0 bridgehead atoms. The van der Waals surface area contributed by atoms with Crippen molar-refractivity contribution in [1.82, 2.24) is 0 Å². The van der Waals surface area contributed by atoms with Gasteiger partial charge in [-0.25, -0.2) is 0 Å². The van der Waals surface area contributed by atoms with Crippen LogP contribution in [0.4, 0.5) is 0 Å². The zero-order chi connectivity index (χ0) is 14.8. The largest absolute Gasteiger partial charge is 0.508 e. The van der Waals surface area contributed by atoms with Crippen LogP contribution in [-0.2, 0) is 0 Å². The van der Waals surface area contributed by atoms with Crippen molar-refractivity contribution in [3.63, 3.8) is 0 Å². The van der Waals surface area contributed by atoms with Gasteiger partial charge < -0.3 is 10.2 Å². The van der Waals surface area contributed by atoms with E-state index in [-0.39, 0.29) is 11.5 Å². The average molecular weight is 276 g/mol. The fraction of sp³-hybridized carbons (Fsp3) is 0.0526. The molecule has 0 aliphatic heterocycles. The summed E-state index contributed by atoms with van der Waals surface area (Å²) in [5.74, 6) is 0.562. The lowest BCUT2D eigenvalue weighted by atomic mass is 9.97. The second-order valence-corrected chi connectivity index (χ2v) is 5.12. The maximum absolute atomic E-state index is 9.48. The molecular formula is C19H16O2. The van der Waals surface area contributed by atoms with Crippen LogP contribution in [0.25, 0.3) is 22.3 Å². The molecule has 0 radical (unpaired) electrons. The van der Waals surface area contributed by atoms with Gasteiger partial charge in [0.25, 0.3) is 0 Å². The van der Waals surface area contributed by atoms with E-state index in [1.165, 1.54) is 0 Å². The fourth-order valence-corrected chi connectivity index (χ4v) is 2.47. The summed E-state index contributed by atoms with van der Waals surface area (Å²) in [4.78, 5) is 0. The number of aromatic hydroxyl groups is 2. The van der Waals surface area contributed by atoms with Gasteiger partial charge >= 0.3 is 0 Å². The van der Waals surface area contributed by atoms with Gasteiger partial charge in [-0.3, -0.25) is 0 Å². The van der Waals surface area contributed by atoms with Crippen molar-refractivity contribution in [1.29, 1.82) is 0 Å². The first-order valence-electron chi connectivity index (χ1n) is 6.83. The summed E-state index contributed by atoms with van der Waals surface area (Å²) in [6.07, 6.45) is 0. The Labute approximate surface area is 123 Å². The Hall–Kier alpha value is -2.74. The molecule has 3 aromatic carbocycles. The number of hydrogen-bond acceptors (Lipinski definition) is 2. The molecule has 3 aromatic rings. The molecule has 3 rings (SSSR count). The van der Waals surface area contributed by atoms with Gasteiger partial charge in [0.1, 0.15) is 11.5 Å². The molecule has 0 heterocycles. The molecule has 0 fully saturated rings. The molecule has 21 heavy (non-hydrogen) atoms. The lowest BCUT2D eigenvalue weighted by Gasteiger charge is -2.08. The van der Waals surface area contributed by atoms with Crippen molar-refractivity contribution in [2.24, 2.45) is 0 Å². The maximum atomic E-state index is 9.48. The molecule has 0 aromatic heterocycles. The zero-order valence-electron chi connectivity index (χ0n) is 11.7. The number of rotatable bonds is 2. The molecule has 0 saturated carbocycles. The maximum Gasteiger partial charge on any atom is 0.115 e. The van der Waals surface area contributed by atoms with Crippen LogP contribution >= 0.6 is 0 Å². The lowest BCUT2D eigenvalue weighted by Crippen LogP contribution is -1.84. The van der Waals surface area contributed by atoms with Crippen LogP contribution in [-0.4, -0.2) is 10.2 Å². The summed E-state index contributed by atoms with van der Waals surface area (Å²) in [6, 6.07) is 20.8. The van der Waals surface area contributed by atoms with Crippen molar-refractivity contribution in [2.75, 3.05) is 0 Å². The number of aryl methyl sites for hydroxylation is 1. The molecule has 0 atom stereocenters. The van der Waals surface area contributed by atoms with E-state index < -0.39 is 0 Å². The van der Waals surface area contributed by atoms with E-state index in [0.717, 1.165) is 27.8 Å². The minimum atomic E-state index is 0.273. The van der Waals surface area contributed by atoms with E-state index in [4.69, 9.17) is 0 Å². The Morgan fingerprint density at radius 1 is 0.571 bits per heavy atom. The quantitative estimate of drug-likeness (QED) is 0.709. The normalized spacial score (nSPS) is 10.5. The van der Waals surface area contributed by atoms with Crippen molar-refractivity contribution in [2.45, 2.75) is 6.92 Å². The Kier molecular flexibility index (Phi) is 3.36. The van der Waals surface area contributed by atoms with Crippen LogP contribution in [0.2, 0.25) is 0 Å². The van der Waals surface area contributed by atoms with Crippen LogP contribution in [0.1, 0.15) is 5.56 Å². The van der Waals surface area contributed by atoms with Gasteiger partial charge in [-0.05, 0) is 59.0 Å². The van der Waals surface area contributed by atoms with Crippen molar-refractivity contribution in [3.8, 4) is 33.8 Å². The highest BCUT2D eigenvalue weighted by atomic mass is 16.3. The van der Waals surface area contributed by atoms with Crippen LogP contribution in [0.15, 0.2) is 66.7 Å². The predicted octanol–water partition coefficient (Wildman–Crippen LogP) is 4.74. The van der Waals surface area contributed by atoms with Gasteiger partial charge in [-0.2, -0.15) is 0 Å². The van der Waals surface area contributed by atoms with Gasteiger partial charge in [0.2, 0.25) is 0 Å². The highest BCUT2D eigenvalue weighted by molar-refractivity contribution is 5.72. The number of phenolic OH excluding ortho intramolecular Hbond substituents is 2. The predicted molar refractivity (Wildman–Crippen MR) is 85.4 cm³/mol. The number of hydrogen-bond donors (Lipinski definition) is 2. The molecule has 0 unspecified atom stereocenters. The minimum absolute atomic E-state index is 0.273. The summed E-state index contributed by atoms with van der Waals surface area (Å²) in [7, 11) is 0. The first-order valence-corrected chi connectivity index (χ1v) is 6.83. The Morgan fingerprint density at radius 3 is 1.62 bits per heavy atom. The third-order valence-electron chi connectivity index (χ3n) is 3.61. The Morgan fingerprint density at radius 2 is 1.05 bits per heavy atom. The van der Waals surface area contributed by atoms with E-state index in [2.05, 4.69) is 24.3 Å². The van der Waals surface area contributed by atoms with E-state index in [1.54, 1.807) is 24.3 Å². The summed E-state index contributed by atoms with van der Waals surface area (Å²) in [5, 5.41) is 18.8. The van der Waals surface area contributed by atoms with Crippen molar-refractivity contribution < 1.29 is 10.2 Å². The van der Waals surface area contributed by atoms with Crippen LogP contribution in [0.3, 0.4) is 0 Å². The fourth-order valence-electron chi connectivity index (χ4n) is 2.47. The third kappa shape index (κ3) is 2.75. The van der Waals surface area contributed by atoms with Crippen LogP contribution in [0.5, 0.6) is 11.5 Å². The average Bonchev–Trinajstić information content (AvgIpc) is 2.48. The second kappa shape index (κ2) is 5.33. The van der Waals surface area contributed by atoms with Gasteiger partial charge in [-0.15, -0.1) is 0 Å². The van der Waals surface area contributed by atoms with Crippen LogP contribution < -0.4 is 0 Å². The second-order valence-electron chi connectivity index (χ2n) is 5.12. The van der Waals surface area contributed by atoms with Crippen LogP contribution in [0, 0.1) is 6.92 Å². The monoisotopic (exact) mass is 276 g/mol. The highest BCUT2D eigenvalue weighted by Gasteiger charge is 2.04. The van der Waals surface area contributed by atoms with E-state index in [9.17, 15) is 10.2 Å². The molecule has 2 nitrogen and oxygen atoms in total. The molecule has 0 spiro atoms. The summed E-state index contributed by atoms with van der Waals surface area (Å²) in [6.45, 7) is 1.99. The van der Waals surface area contributed by atoms with Gasteiger partial charge in [-0.1, -0.05) is 42.5 Å². The van der Waals surface area contributed by atoms with E-state index in [0.29, 0.717) is 0 Å². The number of phenols is 2. The smallest absolute Gasteiger partial charge is 0.115 e. The van der Waals surface area contributed by atoms with E-state index >= 15 is 0 Å². The first-order chi connectivity index (χ1) is 10.1. The summed E-state index contributed by atoms with van der Waals surface area (Å²) in [5.41, 5.74) is 5.46. The van der Waals surface area contributed by atoms with Crippen molar-refractivity contribution in [3.05, 3.63) is 72.3 Å². The zero-order valence-corrected chi connectivity index (χ0v) is 11.7. The first kappa shape index (κ1) is 13.3. The molecule has 0 aliphatic carbocycles. The molecule has 104 valence electrons. The molecule has 2 heteroatoms. The standard InChI is InChI=1S/C19H16O2/c1-13-12-18(21)10-11-19(13)16-4-2-14(3-5-16)15-6-8-17(20)9-7-15/h2-12,20-21H,1H3. The highest BCUT2D eigenvalue weighted by Crippen LogP contribution is 2.29. The third-order valence-corrected chi connectivity index (χ3v) is 3.61. The Balaban J connectivity index is 1.95. The molecule has 0 saturated heterocycles. The van der Waals surface area contributed by atoms with Gasteiger partial charge in [0.05, 0.1) is 0 Å². The molecule has 0 amide bonds. The summed E-state index contributed by atoms with van der Waals surface area (Å²) < 4.78 is 0. The number of benzene rings is 3. The lowest BCUT2D eigenvalue weighted by molar-refractivity contribution is 0.474. The molecule has 2 N–H and O–H groups in total. The summed E-state index contributed by atoms with van der Waals surface area (Å²) >= 11 is 0.